The van der Waals surface area contributed by atoms with Crippen LogP contribution in [0.25, 0.3) is 11.1 Å². The molecule has 1 atom stereocenters. The molecule has 0 N–H and O–H groups in total. The van der Waals surface area contributed by atoms with Crippen LogP contribution >= 0.6 is 0 Å². The van der Waals surface area contributed by atoms with Gasteiger partial charge in [-0.3, -0.25) is 4.90 Å². The molecule has 2 aliphatic heterocycles. The van der Waals surface area contributed by atoms with Crippen LogP contribution in [0.3, 0.4) is 0 Å². The van der Waals surface area contributed by atoms with E-state index in [1.807, 2.05) is 0 Å². The predicted octanol–water partition coefficient (Wildman–Crippen LogP) is 4.04. The SMILES string of the molecule is CCCN1CCc2cccc3c2C1Cc1ccc2c(c1-3)COO2. The summed E-state index contributed by atoms with van der Waals surface area (Å²) in [5.74, 6) is 0.890. The van der Waals surface area contributed by atoms with Crippen LogP contribution in [0.5, 0.6) is 5.75 Å². The standard InChI is InChI=1S/C20H21NO2/c1-2-9-21-10-8-13-4-3-5-15-19-14(11-17(21)20(13)15)6-7-18-16(19)12-22-23-18/h3-7,17H,2,8-12H2,1H3. The summed E-state index contributed by atoms with van der Waals surface area (Å²) in [6.07, 6.45) is 3.48. The summed E-state index contributed by atoms with van der Waals surface area (Å²) in [5.41, 5.74) is 8.52. The number of hydrogen-bond acceptors (Lipinski definition) is 3. The van der Waals surface area contributed by atoms with E-state index in [0.29, 0.717) is 12.6 Å². The lowest BCUT2D eigenvalue weighted by molar-refractivity contribution is -0.194. The maximum Gasteiger partial charge on any atom is 0.171 e. The molecule has 0 saturated heterocycles. The Balaban J connectivity index is 1.74. The lowest BCUT2D eigenvalue weighted by Crippen LogP contribution is -2.38. The van der Waals surface area contributed by atoms with Crippen LogP contribution in [0.15, 0.2) is 30.3 Å². The van der Waals surface area contributed by atoms with Crippen LogP contribution in [0, 0.1) is 0 Å². The van der Waals surface area contributed by atoms with Crippen molar-refractivity contribution in [2.45, 2.75) is 38.8 Å². The number of hydrogen-bond donors (Lipinski definition) is 0. The molecule has 2 aromatic carbocycles. The van der Waals surface area contributed by atoms with Gasteiger partial charge in [-0.2, -0.15) is 4.89 Å². The van der Waals surface area contributed by atoms with Gasteiger partial charge in [0.25, 0.3) is 0 Å². The topological polar surface area (TPSA) is 21.7 Å². The van der Waals surface area contributed by atoms with E-state index in [9.17, 15) is 0 Å². The van der Waals surface area contributed by atoms with E-state index in [1.54, 1.807) is 5.56 Å². The average Bonchev–Trinajstić information content (AvgIpc) is 3.06. The Kier molecular flexibility index (Phi) is 3.00. The second-order valence-electron chi connectivity index (χ2n) is 6.81. The molecule has 3 aliphatic rings. The molecule has 0 fully saturated rings. The van der Waals surface area contributed by atoms with E-state index < -0.39 is 0 Å². The molecule has 5 rings (SSSR count). The van der Waals surface area contributed by atoms with Gasteiger partial charge in [-0.05, 0) is 59.7 Å². The summed E-state index contributed by atoms with van der Waals surface area (Å²) in [6.45, 7) is 5.21. The zero-order chi connectivity index (χ0) is 15.4. The van der Waals surface area contributed by atoms with Crippen LogP contribution in [0.1, 0.15) is 41.6 Å². The Hall–Kier alpha value is -1.84. The number of rotatable bonds is 2. The molecule has 0 aromatic heterocycles. The molecule has 0 radical (unpaired) electrons. The van der Waals surface area contributed by atoms with Gasteiger partial charge in [-0.15, -0.1) is 0 Å². The summed E-state index contributed by atoms with van der Waals surface area (Å²) in [5, 5.41) is 0. The third kappa shape index (κ3) is 1.90. The van der Waals surface area contributed by atoms with Gasteiger partial charge in [-0.25, -0.2) is 0 Å². The molecule has 2 heterocycles. The average molecular weight is 307 g/mol. The maximum atomic E-state index is 5.33. The first-order valence-electron chi connectivity index (χ1n) is 8.67. The summed E-state index contributed by atoms with van der Waals surface area (Å²) < 4.78 is 0. The molecule has 0 saturated carbocycles. The second kappa shape index (κ2) is 5.08. The van der Waals surface area contributed by atoms with Crippen LogP contribution in [-0.4, -0.2) is 18.0 Å². The van der Waals surface area contributed by atoms with Gasteiger partial charge < -0.3 is 4.89 Å². The molecule has 0 bridgehead atoms. The third-order valence-corrected chi connectivity index (χ3v) is 5.54. The highest BCUT2D eigenvalue weighted by Crippen LogP contribution is 2.49. The van der Waals surface area contributed by atoms with E-state index in [0.717, 1.165) is 18.6 Å². The molecule has 118 valence electrons. The van der Waals surface area contributed by atoms with E-state index in [2.05, 4.69) is 42.2 Å². The van der Waals surface area contributed by atoms with Crippen molar-refractivity contribution >= 4 is 0 Å². The molecule has 3 heteroatoms. The quantitative estimate of drug-likeness (QED) is 0.782. The molecular formula is C20H21NO2. The fraction of sp³-hybridized carbons (Fsp3) is 0.400. The maximum absolute atomic E-state index is 5.33. The second-order valence-corrected chi connectivity index (χ2v) is 6.81. The van der Waals surface area contributed by atoms with Gasteiger partial charge in [0.2, 0.25) is 0 Å². The van der Waals surface area contributed by atoms with Crippen molar-refractivity contribution in [3.8, 4) is 16.9 Å². The third-order valence-electron chi connectivity index (χ3n) is 5.54. The summed E-state index contributed by atoms with van der Waals surface area (Å²) in [7, 11) is 0. The minimum atomic E-state index is 0.531. The van der Waals surface area contributed by atoms with Crippen molar-refractivity contribution in [1.82, 2.24) is 4.90 Å². The predicted molar refractivity (Wildman–Crippen MR) is 89.3 cm³/mol. The van der Waals surface area contributed by atoms with Gasteiger partial charge in [0, 0.05) is 18.2 Å². The number of benzene rings is 2. The first-order valence-corrected chi connectivity index (χ1v) is 8.67. The highest BCUT2D eigenvalue weighted by Gasteiger charge is 2.36. The molecule has 0 amide bonds. The summed E-state index contributed by atoms with van der Waals surface area (Å²) >= 11 is 0. The minimum Gasteiger partial charge on any atom is -0.337 e. The zero-order valence-electron chi connectivity index (χ0n) is 13.5. The van der Waals surface area contributed by atoms with Gasteiger partial charge in [0.15, 0.2) is 5.75 Å². The minimum absolute atomic E-state index is 0.531. The molecule has 0 spiro atoms. The fourth-order valence-corrected chi connectivity index (χ4v) is 4.60. The lowest BCUT2D eigenvalue weighted by atomic mass is 9.75. The normalized spacial score (nSPS) is 21.3. The van der Waals surface area contributed by atoms with Crippen molar-refractivity contribution < 1.29 is 9.78 Å². The Morgan fingerprint density at radius 2 is 2.13 bits per heavy atom. The van der Waals surface area contributed by atoms with Crippen LogP contribution in [0.4, 0.5) is 0 Å². The Bertz CT molecular complexity index is 783. The molecule has 2 aromatic rings. The Morgan fingerprint density at radius 1 is 1.17 bits per heavy atom. The van der Waals surface area contributed by atoms with Crippen molar-refractivity contribution in [1.29, 1.82) is 0 Å². The largest absolute Gasteiger partial charge is 0.337 e. The van der Waals surface area contributed by atoms with Gasteiger partial charge in [0.1, 0.15) is 6.61 Å². The van der Waals surface area contributed by atoms with Crippen LogP contribution in [-0.2, 0) is 24.3 Å². The van der Waals surface area contributed by atoms with Crippen molar-refractivity contribution in [3.05, 3.63) is 52.6 Å². The zero-order valence-corrected chi connectivity index (χ0v) is 13.5. The van der Waals surface area contributed by atoms with Crippen LogP contribution < -0.4 is 4.89 Å². The summed E-state index contributed by atoms with van der Waals surface area (Å²) in [4.78, 5) is 13.2. The van der Waals surface area contributed by atoms with Crippen molar-refractivity contribution in [2.75, 3.05) is 13.1 Å². The molecule has 3 nitrogen and oxygen atoms in total. The van der Waals surface area contributed by atoms with Crippen molar-refractivity contribution in [3.63, 3.8) is 0 Å². The number of fused-ring (bicyclic) bond motifs is 4. The number of nitrogens with zero attached hydrogens (tertiary/aromatic N) is 1. The highest BCUT2D eigenvalue weighted by atomic mass is 17.2. The van der Waals surface area contributed by atoms with Crippen molar-refractivity contribution in [2.24, 2.45) is 0 Å². The fourth-order valence-electron chi connectivity index (χ4n) is 4.60. The highest BCUT2D eigenvalue weighted by molar-refractivity contribution is 5.80. The van der Waals surface area contributed by atoms with E-state index in [1.165, 1.54) is 47.3 Å². The molecule has 23 heavy (non-hydrogen) atoms. The van der Waals surface area contributed by atoms with Crippen LogP contribution in [0.2, 0.25) is 0 Å². The van der Waals surface area contributed by atoms with Gasteiger partial charge in [-0.1, -0.05) is 31.2 Å². The monoisotopic (exact) mass is 307 g/mol. The Labute approximate surface area is 136 Å². The van der Waals surface area contributed by atoms with E-state index in [-0.39, 0.29) is 0 Å². The van der Waals surface area contributed by atoms with Gasteiger partial charge in [0.05, 0.1) is 0 Å². The summed E-state index contributed by atoms with van der Waals surface area (Å²) in [6, 6.07) is 11.7. The first kappa shape index (κ1) is 13.6. The smallest absolute Gasteiger partial charge is 0.171 e. The lowest BCUT2D eigenvalue weighted by Gasteiger charge is -2.42. The Morgan fingerprint density at radius 3 is 3.04 bits per heavy atom. The van der Waals surface area contributed by atoms with E-state index >= 15 is 0 Å². The van der Waals surface area contributed by atoms with Gasteiger partial charge >= 0.3 is 0 Å². The first-order chi connectivity index (χ1) is 11.4. The van der Waals surface area contributed by atoms with E-state index in [4.69, 9.17) is 9.78 Å². The molecule has 1 aliphatic carbocycles. The molecule has 1 unspecified atom stereocenters. The molecular weight excluding hydrogens is 286 g/mol.